The minimum atomic E-state index is -1.85. The van der Waals surface area contributed by atoms with Gasteiger partial charge in [0.15, 0.2) is 5.60 Å². The molecule has 4 atom stereocenters. The summed E-state index contributed by atoms with van der Waals surface area (Å²) in [5.41, 5.74) is 4.15. The fourth-order valence-electron chi connectivity index (χ4n) is 8.15. The summed E-state index contributed by atoms with van der Waals surface area (Å²) in [6.07, 6.45) is 8.14. The predicted molar refractivity (Wildman–Crippen MR) is 229 cm³/mol. The molecule has 7 rings (SSSR count). The number of hydrogen-bond donors (Lipinski definition) is 4. The van der Waals surface area contributed by atoms with Crippen LogP contribution in [0.1, 0.15) is 67.0 Å². The molecule has 4 N–H and O–H groups in total. The number of nitrogens with zero attached hydrogens (tertiary/aromatic N) is 5. The fraction of sp³-hybridized carbons (Fsp3) is 0.362. The molecule has 60 heavy (non-hydrogen) atoms. The Balaban J connectivity index is 1.07. The number of nitrogens with one attached hydrogen (secondary N) is 1. The molecule has 2 unspecified atom stereocenters. The molecule has 2 amide bonds. The zero-order chi connectivity index (χ0) is 42.2. The van der Waals surface area contributed by atoms with Gasteiger partial charge in [0.05, 0.1) is 55.9 Å². The van der Waals surface area contributed by atoms with Gasteiger partial charge in [0.1, 0.15) is 11.5 Å². The smallest absolute Gasteiger partial charge is 0.264 e. The maximum Gasteiger partial charge on any atom is 0.264 e. The number of ether oxygens (including phenoxy) is 2. The molecule has 4 aromatic carbocycles. The van der Waals surface area contributed by atoms with Crippen molar-refractivity contribution in [1.82, 2.24) is 20.3 Å². The van der Waals surface area contributed by atoms with Crippen LogP contribution in [0.2, 0.25) is 0 Å². The number of hydrogen-bond acceptors (Lipinski definition) is 10. The summed E-state index contributed by atoms with van der Waals surface area (Å²) in [6.45, 7) is 5.64. The summed E-state index contributed by atoms with van der Waals surface area (Å²) in [4.78, 5) is 31.8. The van der Waals surface area contributed by atoms with E-state index in [1.54, 1.807) is 39.8 Å². The summed E-state index contributed by atoms with van der Waals surface area (Å²) in [6, 6.07) is 27.9. The van der Waals surface area contributed by atoms with Crippen LogP contribution in [0.3, 0.4) is 0 Å². The topological polar surface area (TPSA) is 163 Å². The average Bonchev–Trinajstić information content (AvgIpc) is 3.82. The SMILES string of the molecule is CCOc1ccc2c(c1)CC(NCCCCO)C(=O)N2c1ccc(CN2C(=O)[C@](O)([C@H](C)/C=C/CCn3cc(C(CO)c4ccccc4)nn3)c3cc(OC)ccc32)cc1. The van der Waals surface area contributed by atoms with Crippen molar-refractivity contribution < 1.29 is 34.4 Å². The average molecular weight is 815 g/mol. The number of aromatic nitrogens is 3. The number of carbonyl (C=O) groups excluding carboxylic acids is 2. The van der Waals surface area contributed by atoms with Gasteiger partial charge in [-0.15, -0.1) is 5.10 Å². The number of aliphatic hydroxyl groups excluding tert-OH is 2. The van der Waals surface area contributed by atoms with Gasteiger partial charge in [0.2, 0.25) is 5.91 Å². The van der Waals surface area contributed by atoms with Crippen LogP contribution in [-0.2, 0) is 34.7 Å². The lowest BCUT2D eigenvalue weighted by molar-refractivity contribution is -0.139. The molecule has 13 heteroatoms. The number of fused-ring (bicyclic) bond motifs is 2. The standard InChI is InChI=1S/C47H54N6O7/c1-4-60-38-20-21-43-35(26-38)27-41(48-23-9-11-25-54)45(56)53(43)36-17-15-33(16-18-36)29-52-44-22-19-37(59-3)28-40(44)47(58,46(52)57)32(2)12-8-10-24-51-30-42(49-50-51)39(31-55)34-13-6-5-7-14-34/h5-8,12-22,26,28,30,32,39,41,48,54-55,58H,4,9-11,23-25,27,29,31H2,1-3H3/b12-8+/t32-,39?,41?,47+/m1/s1. The summed E-state index contributed by atoms with van der Waals surface area (Å²) in [5.74, 6) is -0.101. The normalized spacial score (nSPS) is 18.5. The first-order valence-corrected chi connectivity index (χ1v) is 20.7. The third kappa shape index (κ3) is 8.71. The summed E-state index contributed by atoms with van der Waals surface area (Å²) in [7, 11) is 1.55. The number of amides is 2. The van der Waals surface area contributed by atoms with Crippen LogP contribution in [-0.4, -0.2) is 81.6 Å². The highest BCUT2D eigenvalue weighted by molar-refractivity contribution is 6.08. The van der Waals surface area contributed by atoms with E-state index in [0.29, 0.717) is 67.3 Å². The van der Waals surface area contributed by atoms with Crippen LogP contribution >= 0.6 is 0 Å². The van der Waals surface area contributed by atoms with Gasteiger partial charge in [-0.1, -0.05) is 66.8 Å². The Morgan fingerprint density at radius 2 is 1.73 bits per heavy atom. The highest BCUT2D eigenvalue weighted by Crippen LogP contribution is 2.47. The van der Waals surface area contributed by atoms with Gasteiger partial charge in [-0.3, -0.25) is 19.2 Å². The first-order valence-electron chi connectivity index (χ1n) is 20.7. The zero-order valence-corrected chi connectivity index (χ0v) is 34.4. The Bertz CT molecular complexity index is 2280. The van der Waals surface area contributed by atoms with E-state index in [4.69, 9.17) is 9.47 Å². The number of rotatable bonds is 19. The van der Waals surface area contributed by atoms with E-state index in [0.717, 1.165) is 34.5 Å². The largest absolute Gasteiger partial charge is 0.497 e. The Morgan fingerprint density at radius 3 is 2.47 bits per heavy atom. The molecule has 0 aliphatic carbocycles. The summed E-state index contributed by atoms with van der Waals surface area (Å²) >= 11 is 0. The number of anilines is 3. The van der Waals surface area contributed by atoms with Crippen molar-refractivity contribution >= 4 is 28.9 Å². The van der Waals surface area contributed by atoms with Crippen LogP contribution in [0.25, 0.3) is 0 Å². The minimum Gasteiger partial charge on any atom is -0.497 e. The zero-order valence-electron chi connectivity index (χ0n) is 34.4. The Hall–Kier alpha value is -5.86. The molecule has 0 saturated heterocycles. The van der Waals surface area contributed by atoms with Gasteiger partial charge in [-0.2, -0.15) is 0 Å². The van der Waals surface area contributed by atoms with Crippen molar-refractivity contribution in [3.05, 3.63) is 137 Å². The lowest BCUT2D eigenvalue weighted by atomic mass is 9.83. The third-order valence-corrected chi connectivity index (χ3v) is 11.4. The van der Waals surface area contributed by atoms with Gasteiger partial charge in [-0.05, 0) is 104 Å². The molecule has 0 radical (unpaired) electrons. The number of aliphatic hydroxyl groups is 3. The second-order valence-electron chi connectivity index (χ2n) is 15.3. The molecule has 3 heterocycles. The first-order chi connectivity index (χ1) is 29.2. The van der Waals surface area contributed by atoms with Crippen LogP contribution in [0.4, 0.5) is 17.1 Å². The van der Waals surface area contributed by atoms with Gasteiger partial charge in [-0.25, -0.2) is 0 Å². The van der Waals surface area contributed by atoms with E-state index >= 15 is 0 Å². The van der Waals surface area contributed by atoms with Crippen LogP contribution in [0, 0.1) is 5.92 Å². The number of benzene rings is 4. The second-order valence-corrected chi connectivity index (χ2v) is 15.3. The van der Waals surface area contributed by atoms with E-state index in [-0.39, 0.29) is 31.6 Å². The number of methoxy groups -OCH3 is 1. The lowest BCUT2D eigenvalue weighted by Gasteiger charge is -2.35. The lowest BCUT2D eigenvalue weighted by Crippen LogP contribution is -2.49. The second kappa shape index (κ2) is 19.0. The van der Waals surface area contributed by atoms with Crippen molar-refractivity contribution in [2.75, 3.05) is 43.3 Å². The highest BCUT2D eigenvalue weighted by atomic mass is 16.5. The van der Waals surface area contributed by atoms with Crippen molar-refractivity contribution in [2.24, 2.45) is 5.92 Å². The molecule has 2 aliphatic rings. The predicted octanol–water partition coefficient (Wildman–Crippen LogP) is 5.78. The molecule has 0 fully saturated rings. The molecular weight excluding hydrogens is 761 g/mol. The Morgan fingerprint density at radius 1 is 0.967 bits per heavy atom. The molecule has 314 valence electrons. The van der Waals surface area contributed by atoms with Gasteiger partial charge in [0.25, 0.3) is 5.91 Å². The first kappa shape index (κ1) is 42.3. The van der Waals surface area contributed by atoms with Gasteiger partial charge < -0.3 is 35.0 Å². The van der Waals surface area contributed by atoms with Gasteiger partial charge in [0, 0.05) is 36.5 Å². The third-order valence-electron chi connectivity index (χ3n) is 11.4. The van der Waals surface area contributed by atoms with Crippen molar-refractivity contribution in [3.63, 3.8) is 0 Å². The van der Waals surface area contributed by atoms with E-state index in [2.05, 4.69) is 15.6 Å². The molecule has 1 aromatic heterocycles. The van der Waals surface area contributed by atoms with Crippen molar-refractivity contribution in [3.8, 4) is 11.5 Å². The van der Waals surface area contributed by atoms with Gasteiger partial charge >= 0.3 is 0 Å². The van der Waals surface area contributed by atoms with E-state index < -0.39 is 23.5 Å². The molecular formula is C47H54N6O7. The molecule has 13 nitrogen and oxygen atoms in total. The van der Waals surface area contributed by atoms with E-state index in [1.807, 2.05) is 105 Å². The monoisotopic (exact) mass is 814 g/mol. The number of aryl methyl sites for hydroxylation is 1. The maximum absolute atomic E-state index is 14.4. The van der Waals surface area contributed by atoms with Crippen molar-refractivity contribution in [1.29, 1.82) is 0 Å². The van der Waals surface area contributed by atoms with Crippen LogP contribution in [0.5, 0.6) is 11.5 Å². The molecule has 0 saturated carbocycles. The molecule has 0 bridgehead atoms. The number of unbranched alkanes of at least 4 members (excludes halogenated alkanes) is 1. The maximum atomic E-state index is 14.4. The molecule has 0 spiro atoms. The van der Waals surface area contributed by atoms with E-state index in [9.17, 15) is 24.9 Å². The Kier molecular flexibility index (Phi) is 13.4. The van der Waals surface area contributed by atoms with Crippen LogP contribution < -0.4 is 24.6 Å². The minimum absolute atomic E-state index is 0.0717. The summed E-state index contributed by atoms with van der Waals surface area (Å²) in [5, 5.41) is 43.6. The van der Waals surface area contributed by atoms with Crippen molar-refractivity contribution in [2.45, 2.75) is 70.2 Å². The summed E-state index contributed by atoms with van der Waals surface area (Å²) < 4.78 is 13.0. The number of allylic oxidation sites excluding steroid dienone is 1. The quantitative estimate of drug-likeness (QED) is 0.0595. The number of carbonyl (C=O) groups is 2. The highest BCUT2D eigenvalue weighted by Gasteiger charge is 2.52. The van der Waals surface area contributed by atoms with E-state index in [1.165, 1.54) is 0 Å². The molecule has 2 aliphatic heterocycles. The Labute approximate surface area is 350 Å². The molecule has 5 aromatic rings. The fourth-order valence-corrected chi connectivity index (χ4v) is 8.15. The van der Waals surface area contributed by atoms with Crippen LogP contribution in [0.15, 0.2) is 109 Å².